The van der Waals surface area contributed by atoms with Gasteiger partial charge in [0.2, 0.25) is 0 Å². The summed E-state index contributed by atoms with van der Waals surface area (Å²) in [7, 11) is 0. The van der Waals surface area contributed by atoms with Gasteiger partial charge in [-0.15, -0.1) is 11.3 Å². The summed E-state index contributed by atoms with van der Waals surface area (Å²) in [6.45, 7) is 1.03. The minimum Gasteiger partial charge on any atom is -0.388 e. The van der Waals surface area contributed by atoms with E-state index in [-0.39, 0.29) is 0 Å². The highest BCUT2D eigenvalue weighted by molar-refractivity contribution is 7.80. The smallest absolute Gasteiger partial charge is 0.151 e. The van der Waals surface area contributed by atoms with Crippen molar-refractivity contribution in [2.45, 2.75) is 25.8 Å². The molecule has 0 unspecified atom stereocenters. The molecule has 0 fully saturated rings. The van der Waals surface area contributed by atoms with E-state index in [1.807, 2.05) is 6.07 Å². The molecule has 0 spiro atoms. The Hall–Kier alpha value is -1.20. The molecule has 0 atom stereocenters. The van der Waals surface area contributed by atoms with Crippen LogP contribution in [0, 0.1) is 0 Å². The third kappa shape index (κ3) is 1.79. The fraction of sp³-hybridized carbons (Fsp3) is 0.333. The van der Waals surface area contributed by atoms with Crippen molar-refractivity contribution in [3.05, 3.63) is 28.9 Å². The van der Waals surface area contributed by atoms with E-state index >= 15 is 0 Å². The van der Waals surface area contributed by atoms with E-state index in [0.717, 1.165) is 24.5 Å². The molecule has 3 heterocycles. The Bertz CT molecular complexity index is 555. The van der Waals surface area contributed by atoms with Gasteiger partial charge < -0.3 is 10.3 Å². The predicted octanol–water partition coefficient (Wildman–Crippen LogP) is 2.58. The third-order valence-corrected chi connectivity index (χ3v) is 4.15. The molecule has 2 N–H and O–H groups in total. The van der Waals surface area contributed by atoms with Crippen molar-refractivity contribution in [2.24, 2.45) is 5.73 Å². The maximum absolute atomic E-state index is 5.76. The van der Waals surface area contributed by atoms with Gasteiger partial charge in [-0.25, -0.2) is 4.98 Å². The first-order chi connectivity index (χ1) is 8.27. The molecule has 0 aliphatic carbocycles. The second kappa shape index (κ2) is 4.23. The van der Waals surface area contributed by atoms with Crippen molar-refractivity contribution < 1.29 is 0 Å². The number of thiocarbonyl (C=S) groups is 1. The standard InChI is InChI=1S/C12H13N3S2/c13-11(16)10-8-4-1-2-6-15(8)12(14-10)9-5-3-7-17-9/h3,5,7H,1-2,4,6H2,(H2,13,16). The van der Waals surface area contributed by atoms with Crippen molar-refractivity contribution in [3.8, 4) is 10.7 Å². The molecular formula is C12H13N3S2. The Kier molecular flexibility index (Phi) is 2.72. The molecule has 0 saturated carbocycles. The average Bonchev–Trinajstić information content (AvgIpc) is 2.95. The van der Waals surface area contributed by atoms with Crippen LogP contribution in [0.2, 0.25) is 0 Å². The van der Waals surface area contributed by atoms with Gasteiger partial charge in [-0.05, 0) is 30.7 Å². The van der Waals surface area contributed by atoms with Crippen LogP contribution in [0.3, 0.4) is 0 Å². The summed E-state index contributed by atoms with van der Waals surface area (Å²) in [6.07, 6.45) is 3.44. The molecule has 5 heteroatoms. The van der Waals surface area contributed by atoms with Gasteiger partial charge in [0.05, 0.1) is 4.88 Å². The first kappa shape index (κ1) is 10.9. The van der Waals surface area contributed by atoms with E-state index in [1.165, 1.54) is 23.4 Å². The molecule has 1 aliphatic heterocycles. The van der Waals surface area contributed by atoms with Gasteiger partial charge in [0.15, 0.2) is 5.82 Å². The molecule has 3 nitrogen and oxygen atoms in total. The highest BCUT2D eigenvalue weighted by Gasteiger charge is 2.22. The van der Waals surface area contributed by atoms with Gasteiger partial charge in [-0.2, -0.15) is 0 Å². The fourth-order valence-corrected chi connectivity index (χ4v) is 3.22. The van der Waals surface area contributed by atoms with Crippen molar-refractivity contribution in [3.63, 3.8) is 0 Å². The van der Waals surface area contributed by atoms with Crippen LogP contribution < -0.4 is 5.73 Å². The molecule has 3 rings (SSSR count). The summed E-state index contributed by atoms with van der Waals surface area (Å²) in [6, 6.07) is 4.14. The van der Waals surface area contributed by atoms with Crippen molar-refractivity contribution in [2.75, 3.05) is 0 Å². The molecule has 2 aromatic rings. The molecule has 0 amide bonds. The Morgan fingerprint density at radius 3 is 3.06 bits per heavy atom. The minimum atomic E-state index is 0.415. The second-order valence-electron chi connectivity index (χ2n) is 4.18. The lowest BCUT2D eigenvalue weighted by atomic mass is 10.1. The van der Waals surface area contributed by atoms with Crippen molar-refractivity contribution >= 4 is 28.5 Å². The van der Waals surface area contributed by atoms with Gasteiger partial charge in [-0.1, -0.05) is 18.3 Å². The summed E-state index contributed by atoms with van der Waals surface area (Å²) < 4.78 is 2.28. The van der Waals surface area contributed by atoms with Crippen LogP contribution in [0.25, 0.3) is 10.7 Å². The summed E-state index contributed by atoms with van der Waals surface area (Å²) in [4.78, 5) is 6.25. The number of nitrogens with two attached hydrogens (primary N) is 1. The van der Waals surface area contributed by atoms with E-state index in [2.05, 4.69) is 21.0 Å². The van der Waals surface area contributed by atoms with Crippen LogP contribution >= 0.6 is 23.6 Å². The van der Waals surface area contributed by atoms with Crippen LogP contribution in [0.15, 0.2) is 17.5 Å². The molecule has 0 bridgehead atoms. The third-order valence-electron chi connectivity index (χ3n) is 3.09. The number of nitrogens with zero attached hydrogens (tertiary/aromatic N) is 2. The van der Waals surface area contributed by atoms with E-state index in [0.29, 0.717) is 4.99 Å². The zero-order valence-corrected chi connectivity index (χ0v) is 11.0. The minimum absolute atomic E-state index is 0.415. The largest absolute Gasteiger partial charge is 0.388 e. The Labute approximate surface area is 109 Å². The monoisotopic (exact) mass is 263 g/mol. The number of aromatic nitrogens is 2. The topological polar surface area (TPSA) is 43.8 Å². The molecular weight excluding hydrogens is 250 g/mol. The maximum Gasteiger partial charge on any atom is 0.151 e. The number of thiophene rings is 1. The fourth-order valence-electron chi connectivity index (χ4n) is 2.33. The molecule has 0 radical (unpaired) electrons. The predicted molar refractivity (Wildman–Crippen MR) is 74.4 cm³/mol. The summed E-state index contributed by atoms with van der Waals surface area (Å²) >= 11 is 6.80. The molecule has 0 saturated heterocycles. The van der Waals surface area contributed by atoms with Crippen LogP contribution in [0.5, 0.6) is 0 Å². The highest BCUT2D eigenvalue weighted by atomic mass is 32.1. The zero-order chi connectivity index (χ0) is 11.8. The van der Waals surface area contributed by atoms with Crippen molar-refractivity contribution in [1.82, 2.24) is 9.55 Å². The second-order valence-corrected chi connectivity index (χ2v) is 5.57. The number of imidazole rings is 1. The SMILES string of the molecule is NC(=S)c1nc(-c2cccs2)n2c1CCCC2. The van der Waals surface area contributed by atoms with Gasteiger partial charge >= 0.3 is 0 Å². The molecule has 17 heavy (non-hydrogen) atoms. The molecule has 2 aromatic heterocycles. The van der Waals surface area contributed by atoms with Gasteiger partial charge in [0.1, 0.15) is 10.7 Å². The van der Waals surface area contributed by atoms with Gasteiger partial charge in [0, 0.05) is 12.2 Å². The van der Waals surface area contributed by atoms with E-state index < -0.39 is 0 Å². The quantitative estimate of drug-likeness (QED) is 0.847. The highest BCUT2D eigenvalue weighted by Crippen LogP contribution is 2.30. The summed E-state index contributed by atoms with van der Waals surface area (Å²) in [5.74, 6) is 1.03. The Morgan fingerprint density at radius 2 is 2.35 bits per heavy atom. The normalized spacial score (nSPS) is 14.6. The Balaban J connectivity index is 2.19. The van der Waals surface area contributed by atoms with Gasteiger partial charge in [-0.3, -0.25) is 0 Å². The lowest BCUT2D eigenvalue weighted by Crippen LogP contribution is -2.16. The lowest BCUT2D eigenvalue weighted by molar-refractivity contribution is 0.536. The number of fused-ring (bicyclic) bond motifs is 1. The van der Waals surface area contributed by atoms with E-state index in [1.54, 1.807) is 11.3 Å². The average molecular weight is 263 g/mol. The lowest BCUT2D eigenvalue weighted by Gasteiger charge is -2.16. The van der Waals surface area contributed by atoms with Crippen LogP contribution in [0.4, 0.5) is 0 Å². The summed E-state index contributed by atoms with van der Waals surface area (Å²) in [5.41, 5.74) is 7.80. The van der Waals surface area contributed by atoms with E-state index in [4.69, 9.17) is 18.0 Å². The maximum atomic E-state index is 5.76. The summed E-state index contributed by atoms with van der Waals surface area (Å²) in [5, 5.41) is 2.07. The molecule has 0 aromatic carbocycles. The molecule has 88 valence electrons. The van der Waals surface area contributed by atoms with E-state index in [9.17, 15) is 0 Å². The van der Waals surface area contributed by atoms with Crippen LogP contribution in [-0.2, 0) is 13.0 Å². The zero-order valence-electron chi connectivity index (χ0n) is 9.35. The Morgan fingerprint density at radius 1 is 1.47 bits per heavy atom. The first-order valence-electron chi connectivity index (χ1n) is 5.70. The number of hydrogen-bond donors (Lipinski definition) is 1. The van der Waals surface area contributed by atoms with Crippen LogP contribution in [0.1, 0.15) is 24.2 Å². The van der Waals surface area contributed by atoms with Crippen LogP contribution in [-0.4, -0.2) is 14.5 Å². The molecule has 1 aliphatic rings. The number of hydrogen-bond acceptors (Lipinski definition) is 3. The van der Waals surface area contributed by atoms with Crippen molar-refractivity contribution in [1.29, 1.82) is 0 Å². The van der Waals surface area contributed by atoms with Gasteiger partial charge in [0.25, 0.3) is 0 Å². The first-order valence-corrected chi connectivity index (χ1v) is 6.99. The number of rotatable bonds is 2.